The minimum absolute atomic E-state index is 0.0218. The average molecular weight is 726 g/mol. The number of hydrogen-bond donors (Lipinski definition) is 2. The van der Waals surface area contributed by atoms with E-state index in [1.807, 2.05) is 17.9 Å². The van der Waals surface area contributed by atoms with Gasteiger partial charge in [0.15, 0.2) is 0 Å². The van der Waals surface area contributed by atoms with Gasteiger partial charge in [0.05, 0.1) is 29.6 Å². The van der Waals surface area contributed by atoms with Crippen molar-refractivity contribution in [1.82, 2.24) is 9.62 Å². The highest BCUT2D eigenvalue weighted by molar-refractivity contribution is 7.90. The highest BCUT2D eigenvalue weighted by atomic mass is 35.5. The smallest absolute Gasteiger partial charge is 0.264 e. The van der Waals surface area contributed by atoms with E-state index in [0.717, 1.165) is 70.1 Å². The second kappa shape index (κ2) is 14.0. The maximum absolute atomic E-state index is 13.7. The van der Waals surface area contributed by atoms with Crippen LogP contribution in [0.25, 0.3) is 0 Å². The lowest BCUT2D eigenvalue weighted by Gasteiger charge is -2.50. The SMILES string of the molecule is C[C@@H]1[C@@H](C)CCC[C@](O)(CC(=O)N2CCCCC2)[C@@H]2CC[C@H]2CN2C[C@@]3(CCCc4cc(Cl)ccc43)COc3ccc(cc32)C(=O)NS1(=O)=O. The number of anilines is 1. The molecule has 0 radical (unpaired) electrons. The summed E-state index contributed by atoms with van der Waals surface area (Å²) in [5.74, 6) is -0.179. The summed E-state index contributed by atoms with van der Waals surface area (Å²) in [6, 6.07) is 11.3. The van der Waals surface area contributed by atoms with Crippen LogP contribution in [0.2, 0.25) is 5.02 Å². The van der Waals surface area contributed by atoms with Crippen LogP contribution >= 0.6 is 11.6 Å². The van der Waals surface area contributed by atoms with E-state index in [1.54, 1.807) is 25.1 Å². The second-order valence-corrected chi connectivity index (χ2v) is 18.5. The van der Waals surface area contributed by atoms with Gasteiger partial charge in [0, 0.05) is 42.2 Å². The maximum atomic E-state index is 13.7. The van der Waals surface area contributed by atoms with Crippen molar-refractivity contribution in [3.05, 3.63) is 58.1 Å². The first-order valence-electron chi connectivity index (χ1n) is 18.7. The summed E-state index contributed by atoms with van der Waals surface area (Å²) in [6.07, 6.45) is 9.41. The average Bonchev–Trinajstić information content (AvgIpc) is 3.22. The largest absolute Gasteiger partial charge is 0.490 e. The number of aryl methyl sites for hydroxylation is 1. The first-order chi connectivity index (χ1) is 23.9. The number of aliphatic hydroxyl groups is 1. The van der Waals surface area contributed by atoms with Gasteiger partial charge in [-0.25, -0.2) is 13.1 Å². The number of likely N-dealkylation sites (tertiary alicyclic amines) is 1. The van der Waals surface area contributed by atoms with Gasteiger partial charge in [-0.05, 0) is 130 Å². The lowest BCUT2D eigenvalue weighted by Crippen LogP contribution is -2.54. The van der Waals surface area contributed by atoms with E-state index < -0.39 is 26.8 Å². The summed E-state index contributed by atoms with van der Waals surface area (Å²) >= 11 is 6.45. The number of nitrogens with one attached hydrogen (secondary N) is 1. The van der Waals surface area contributed by atoms with Gasteiger partial charge in [-0.3, -0.25) is 9.59 Å². The molecule has 2 aromatic carbocycles. The Labute approximate surface area is 302 Å². The molecule has 2 aliphatic carbocycles. The van der Waals surface area contributed by atoms with E-state index in [4.69, 9.17) is 16.3 Å². The molecular weight excluding hydrogens is 674 g/mol. The fourth-order valence-electron chi connectivity index (χ4n) is 9.51. The molecule has 2 fully saturated rings. The van der Waals surface area contributed by atoms with Gasteiger partial charge in [0.2, 0.25) is 15.9 Å². The first kappa shape index (κ1) is 35.6. The standard InChI is InChI=1S/C39H52ClN3O6S/c1-26-8-6-17-39(46,22-36(44)42-18-4-3-5-19-42)33-13-10-30(33)23-43-24-38(16-7-9-28-20-31(40)12-14-32(28)38)25-49-35-15-11-29(21-34(35)43)37(45)41-50(47,48)27(26)2/h11-12,14-15,20-21,26-27,30,33,46H,3-10,13,16-19,22-25H2,1-2H3,(H,41,45)/t26-,27+,30-,33+,38-,39-/m0/s1. The molecule has 6 atom stereocenters. The fraction of sp³-hybridized carbons (Fsp3) is 0.641. The van der Waals surface area contributed by atoms with Crippen molar-refractivity contribution >= 4 is 39.1 Å². The molecule has 9 nitrogen and oxygen atoms in total. The highest BCUT2D eigenvalue weighted by Gasteiger charge is 2.50. The van der Waals surface area contributed by atoms with Crippen molar-refractivity contribution in [2.75, 3.05) is 37.7 Å². The molecule has 1 spiro atoms. The van der Waals surface area contributed by atoms with Crippen LogP contribution in [0.15, 0.2) is 36.4 Å². The number of amides is 2. The normalized spacial score (nSPS) is 32.8. The fourth-order valence-corrected chi connectivity index (χ4v) is 11.0. The maximum Gasteiger partial charge on any atom is 0.264 e. The molecule has 0 unspecified atom stereocenters. The quantitative estimate of drug-likeness (QED) is 0.377. The minimum Gasteiger partial charge on any atom is -0.490 e. The van der Waals surface area contributed by atoms with E-state index in [9.17, 15) is 23.1 Å². The minimum atomic E-state index is -3.99. The Morgan fingerprint density at radius 3 is 2.58 bits per heavy atom. The lowest BCUT2D eigenvalue weighted by atomic mass is 9.61. The molecule has 3 heterocycles. The highest BCUT2D eigenvalue weighted by Crippen LogP contribution is 2.50. The van der Waals surface area contributed by atoms with E-state index in [1.165, 1.54) is 11.1 Å². The molecule has 0 aromatic heterocycles. The zero-order chi connectivity index (χ0) is 35.3. The van der Waals surface area contributed by atoms with Gasteiger partial charge in [-0.1, -0.05) is 31.0 Å². The molecule has 2 amide bonds. The van der Waals surface area contributed by atoms with Crippen molar-refractivity contribution in [3.8, 4) is 5.75 Å². The zero-order valence-corrected chi connectivity index (χ0v) is 31.0. The number of hydrogen-bond acceptors (Lipinski definition) is 7. The van der Waals surface area contributed by atoms with Crippen LogP contribution in [0.3, 0.4) is 0 Å². The van der Waals surface area contributed by atoms with Crippen molar-refractivity contribution < 1.29 is 27.9 Å². The number of carbonyl (C=O) groups is 2. The van der Waals surface area contributed by atoms with E-state index >= 15 is 0 Å². The van der Waals surface area contributed by atoms with Gasteiger partial charge in [-0.15, -0.1) is 0 Å². The molecule has 1 saturated heterocycles. The Kier molecular flexibility index (Phi) is 9.93. The van der Waals surface area contributed by atoms with Crippen LogP contribution in [0.5, 0.6) is 5.75 Å². The molecule has 5 aliphatic rings. The van der Waals surface area contributed by atoms with Crippen molar-refractivity contribution in [2.45, 2.75) is 107 Å². The summed E-state index contributed by atoms with van der Waals surface area (Å²) in [4.78, 5) is 31.5. The Hall–Kier alpha value is -2.82. The third-order valence-corrected chi connectivity index (χ3v) is 15.0. The molecule has 11 heteroatoms. The molecule has 2 bridgehead atoms. The summed E-state index contributed by atoms with van der Waals surface area (Å²) in [5.41, 5.74) is 1.95. The summed E-state index contributed by atoms with van der Waals surface area (Å²) in [7, 11) is -3.99. The predicted molar refractivity (Wildman–Crippen MR) is 195 cm³/mol. The van der Waals surface area contributed by atoms with Gasteiger partial charge in [-0.2, -0.15) is 0 Å². The van der Waals surface area contributed by atoms with E-state index in [-0.39, 0.29) is 41.1 Å². The monoisotopic (exact) mass is 725 g/mol. The number of rotatable bonds is 2. The molecular formula is C39H52ClN3O6S. The Morgan fingerprint density at radius 1 is 1.02 bits per heavy atom. The third kappa shape index (κ3) is 6.88. The molecule has 272 valence electrons. The molecule has 7 rings (SSSR count). The third-order valence-electron chi connectivity index (χ3n) is 12.8. The molecule has 1 saturated carbocycles. The van der Waals surface area contributed by atoms with Crippen molar-refractivity contribution in [1.29, 1.82) is 0 Å². The Bertz CT molecular complexity index is 1730. The number of nitrogens with zero attached hydrogens (tertiary/aromatic N) is 2. The topological polar surface area (TPSA) is 116 Å². The summed E-state index contributed by atoms with van der Waals surface area (Å²) in [6.45, 7) is 6.73. The van der Waals surface area contributed by atoms with Gasteiger partial charge >= 0.3 is 0 Å². The van der Waals surface area contributed by atoms with E-state index in [0.29, 0.717) is 49.7 Å². The number of benzene rings is 2. The van der Waals surface area contributed by atoms with Crippen LogP contribution in [-0.2, 0) is 26.7 Å². The van der Waals surface area contributed by atoms with Crippen LogP contribution < -0.4 is 14.4 Å². The predicted octanol–water partition coefficient (Wildman–Crippen LogP) is 6.24. The molecule has 50 heavy (non-hydrogen) atoms. The number of sulfonamides is 1. The van der Waals surface area contributed by atoms with Crippen molar-refractivity contribution in [3.63, 3.8) is 0 Å². The van der Waals surface area contributed by atoms with Gasteiger partial charge in [0.1, 0.15) is 5.75 Å². The number of carbonyl (C=O) groups excluding carboxylic acids is 2. The zero-order valence-electron chi connectivity index (χ0n) is 29.5. The molecule has 3 aliphatic heterocycles. The van der Waals surface area contributed by atoms with Crippen molar-refractivity contribution in [2.24, 2.45) is 17.8 Å². The van der Waals surface area contributed by atoms with Gasteiger partial charge < -0.3 is 19.6 Å². The number of piperidine rings is 1. The van der Waals surface area contributed by atoms with E-state index in [2.05, 4.69) is 21.8 Å². The van der Waals surface area contributed by atoms with Crippen LogP contribution in [-0.4, -0.2) is 73.9 Å². The van der Waals surface area contributed by atoms with Crippen LogP contribution in [0.1, 0.15) is 106 Å². The summed E-state index contributed by atoms with van der Waals surface area (Å²) in [5, 5.41) is 12.5. The van der Waals surface area contributed by atoms with Crippen LogP contribution in [0, 0.1) is 17.8 Å². The first-order valence-corrected chi connectivity index (χ1v) is 20.7. The second-order valence-electron chi connectivity index (χ2n) is 16.0. The number of ether oxygens (including phenoxy) is 1. The Morgan fingerprint density at radius 2 is 1.82 bits per heavy atom. The number of fused-ring (bicyclic) bond motifs is 4. The van der Waals surface area contributed by atoms with Crippen LogP contribution in [0.4, 0.5) is 5.69 Å². The lowest BCUT2D eigenvalue weighted by molar-refractivity contribution is -0.146. The summed E-state index contributed by atoms with van der Waals surface area (Å²) < 4.78 is 35.9. The Balaban J connectivity index is 1.28. The molecule has 2 N–H and O–H groups in total. The van der Waals surface area contributed by atoms with Gasteiger partial charge in [0.25, 0.3) is 5.91 Å². The number of halogens is 1. The molecule has 2 aromatic rings.